The van der Waals surface area contributed by atoms with Gasteiger partial charge in [-0.1, -0.05) is 0 Å². The average molecular weight is 594 g/mol. The number of nitrogens with two attached hydrogens (primary N) is 1. The average Bonchev–Trinajstić information content (AvgIpc) is 3.30. The molecule has 0 unspecified atom stereocenters. The van der Waals surface area contributed by atoms with E-state index in [0.29, 0.717) is 35.7 Å². The van der Waals surface area contributed by atoms with Crippen LogP contribution in [-0.2, 0) is 14.3 Å². The Morgan fingerprint density at radius 1 is 1.12 bits per heavy atom. The summed E-state index contributed by atoms with van der Waals surface area (Å²) >= 11 is 1.40. The SMILES string of the molecule is COC[C@@]12C[C@@H]1N(C(=O)CNC(=O)c1ccc(Oc3ccc(F)cc3)cc1)[C@H](C(=O)N[C@H](C)c1cc(C(=N)N)cs1)C2. The molecule has 2 fully saturated rings. The third-order valence-corrected chi connectivity index (χ3v) is 8.84. The van der Waals surface area contributed by atoms with E-state index in [4.69, 9.17) is 20.6 Å². The summed E-state index contributed by atoms with van der Waals surface area (Å²) in [6.45, 7) is 2.02. The van der Waals surface area contributed by atoms with E-state index in [2.05, 4.69) is 10.6 Å². The van der Waals surface area contributed by atoms with Crippen molar-refractivity contribution >= 4 is 34.9 Å². The number of nitrogen functional groups attached to an aromatic ring is 1. The summed E-state index contributed by atoms with van der Waals surface area (Å²) in [5.74, 6) is -0.545. The number of hydrogen-bond acceptors (Lipinski definition) is 7. The number of methoxy groups -OCH3 is 1. The van der Waals surface area contributed by atoms with Crippen LogP contribution in [0.4, 0.5) is 4.39 Å². The van der Waals surface area contributed by atoms with Gasteiger partial charge in [0.15, 0.2) is 0 Å². The monoisotopic (exact) mass is 593 g/mol. The first kappa shape index (κ1) is 29.2. The molecule has 2 aliphatic rings. The van der Waals surface area contributed by atoms with Gasteiger partial charge in [0.2, 0.25) is 11.8 Å². The summed E-state index contributed by atoms with van der Waals surface area (Å²) in [6.07, 6.45) is 1.21. The Hall–Kier alpha value is -4.29. The minimum atomic E-state index is -0.694. The second-order valence-corrected chi connectivity index (χ2v) is 11.6. The van der Waals surface area contributed by atoms with Crippen molar-refractivity contribution in [1.82, 2.24) is 15.5 Å². The second kappa shape index (κ2) is 11.9. The standard InChI is InChI=1S/C30H32FN5O5S/c1-17(24-11-19(15-42-24)27(32)33)35-29(39)23-12-30(16-40-2)13-25(30)36(23)26(37)14-34-28(38)18-3-7-21(8-4-18)41-22-9-5-20(31)6-10-22/h3-11,15,17,23,25H,12-14,16H2,1-2H3,(H3,32,33)(H,34,38)(H,35,39)/t17-,23+,25+,30-/m1/s1. The number of amidine groups is 1. The largest absolute Gasteiger partial charge is 0.457 e. The molecule has 3 aromatic rings. The molecule has 12 heteroatoms. The highest BCUT2D eigenvalue weighted by Crippen LogP contribution is 2.59. The van der Waals surface area contributed by atoms with E-state index >= 15 is 0 Å². The summed E-state index contributed by atoms with van der Waals surface area (Å²) in [6, 6.07) is 12.5. The Kier molecular flexibility index (Phi) is 8.28. The Balaban J connectivity index is 1.20. The van der Waals surface area contributed by atoms with Gasteiger partial charge in [-0.3, -0.25) is 19.8 Å². The fourth-order valence-electron chi connectivity index (χ4n) is 5.47. The van der Waals surface area contributed by atoms with Gasteiger partial charge in [-0.15, -0.1) is 11.3 Å². The first-order valence-electron chi connectivity index (χ1n) is 13.5. The number of amides is 3. The van der Waals surface area contributed by atoms with Crippen LogP contribution in [0.5, 0.6) is 11.5 Å². The maximum Gasteiger partial charge on any atom is 0.251 e. The summed E-state index contributed by atoms with van der Waals surface area (Å²) in [5.41, 5.74) is 6.23. The van der Waals surface area contributed by atoms with E-state index in [-0.39, 0.29) is 47.5 Å². The number of carbonyl (C=O) groups excluding carboxylic acids is 3. The molecule has 0 bridgehead atoms. The molecule has 42 heavy (non-hydrogen) atoms. The summed E-state index contributed by atoms with van der Waals surface area (Å²) < 4.78 is 24.2. The minimum Gasteiger partial charge on any atom is -0.457 e. The molecule has 5 N–H and O–H groups in total. The zero-order chi connectivity index (χ0) is 30.0. The first-order chi connectivity index (χ1) is 20.1. The molecule has 1 aliphatic heterocycles. The Labute approximate surface area is 246 Å². The molecule has 1 aromatic heterocycles. The Morgan fingerprint density at radius 2 is 1.79 bits per heavy atom. The van der Waals surface area contributed by atoms with Crippen LogP contribution in [0.15, 0.2) is 60.0 Å². The normalized spacial score (nSPS) is 21.3. The van der Waals surface area contributed by atoms with Gasteiger partial charge in [0.05, 0.1) is 19.2 Å². The van der Waals surface area contributed by atoms with E-state index < -0.39 is 11.9 Å². The van der Waals surface area contributed by atoms with Gasteiger partial charge in [-0.25, -0.2) is 4.39 Å². The van der Waals surface area contributed by atoms with Crippen LogP contribution >= 0.6 is 11.3 Å². The number of nitrogens with one attached hydrogen (secondary N) is 3. The summed E-state index contributed by atoms with van der Waals surface area (Å²) in [7, 11) is 1.60. The number of carbonyl (C=O) groups is 3. The van der Waals surface area contributed by atoms with Crippen molar-refractivity contribution in [3.05, 3.63) is 81.8 Å². The third kappa shape index (κ3) is 6.14. The van der Waals surface area contributed by atoms with Gasteiger partial charge in [-0.2, -0.15) is 0 Å². The van der Waals surface area contributed by atoms with Crippen molar-refractivity contribution in [3.63, 3.8) is 0 Å². The lowest BCUT2D eigenvalue weighted by Gasteiger charge is -2.28. The molecular formula is C30H32FN5O5S. The number of thiophene rings is 1. The van der Waals surface area contributed by atoms with Gasteiger partial charge in [0.1, 0.15) is 29.2 Å². The maximum absolute atomic E-state index is 13.4. The smallest absolute Gasteiger partial charge is 0.251 e. The number of ether oxygens (including phenoxy) is 2. The molecule has 0 radical (unpaired) electrons. The van der Waals surface area contributed by atoms with E-state index in [1.165, 1.54) is 35.6 Å². The number of hydrogen-bond donors (Lipinski definition) is 4. The maximum atomic E-state index is 13.4. The highest BCUT2D eigenvalue weighted by atomic mass is 32.1. The lowest BCUT2D eigenvalue weighted by molar-refractivity contribution is -0.139. The highest BCUT2D eigenvalue weighted by molar-refractivity contribution is 7.10. The van der Waals surface area contributed by atoms with Gasteiger partial charge >= 0.3 is 0 Å². The van der Waals surface area contributed by atoms with E-state index in [0.717, 1.165) is 11.3 Å². The lowest BCUT2D eigenvalue weighted by Crippen LogP contribution is -2.51. The zero-order valence-corrected chi connectivity index (χ0v) is 24.0. The zero-order valence-electron chi connectivity index (χ0n) is 23.2. The van der Waals surface area contributed by atoms with Crippen LogP contribution in [0, 0.1) is 16.6 Å². The summed E-state index contributed by atoms with van der Waals surface area (Å²) in [5, 5.41) is 15.0. The number of benzene rings is 2. The van der Waals surface area contributed by atoms with Crippen LogP contribution in [0.2, 0.25) is 0 Å². The van der Waals surface area contributed by atoms with Crippen molar-refractivity contribution in [1.29, 1.82) is 5.41 Å². The predicted octanol–water partition coefficient (Wildman–Crippen LogP) is 3.58. The molecule has 3 amide bonds. The van der Waals surface area contributed by atoms with Gasteiger partial charge in [0.25, 0.3) is 5.91 Å². The van der Waals surface area contributed by atoms with Crippen molar-refractivity contribution in [2.45, 2.75) is 37.9 Å². The number of piperidine rings is 1. The summed E-state index contributed by atoms with van der Waals surface area (Å²) in [4.78, 5) is 42.1. The van der Waals surface area contributed by atoms with Crippen LogP contribution in [0.1, 0.15) is 46.6 Å². The molecule has 4 atom stereocenters. The van der Waals surface area contributed by atoms with E-state index in [1.807, 2.05) is 6.92 Å². The number of halogens is 1. The van der Waals surface area contributed by atoms with Crippen molar-refractivity contribution in [2.75, 3.05) is 20.3 Å². The third-order valence-electron chi connectivity index (χ3n) is 7.72. The predicted molar refractivity (Wildman–Crippen MR) is 155 cm³/mol. The number of fused-ring (bicyclic) bond motifs is 1. The van der Waals surface area contributed by atoms with Crippen molar-refractivity contribution < 1.29 is 28.2 Å². The fraction of sp³-hybridized carbons (Fsp3) is 0.333. The second-order valence-electron chi connectivity index (χ2n) is 10.7. The Bertz CT molecular complexity index is 1490. The number of likely N-dealkylation sites (tertiary alicyclic amines) is 1. The molecule has 10 nitrogen and oxygen atoms in total. The molecular weight excluding hydrogens is 561 g/mol. The van der Waals surface area contributed by atoms with Gasteiger partial charge in [0, 0.05) is 40.0 Å². The molecule has 2 aromatic carbocycles. The number of nitrogens with zero attached hydrogens (tertiary/aromatic N) is 1. The van der Waals surface area contributed by atoms with Gasteiger partial charge < -0.3 is 30.7 Å². The lowest BCUT2D eigenvalue weighted by atomic mass is 10.00. The van der Waals surface area contributed by atoms with E-state index in [1.54, 1.807) is 47.7 Å². The van der Waals surface area contributed by atoms with Crippen LogP contribution in [0.3, 0.4) is 0 Å². The minimum absolute atomic E-state index is 0.0403. The molecule has 1 saturated carbocycles. The van der Waals surface area contributed by atoms with Crippen molar-refractivity contribution in [3.8, 4) is 11.5 Å². The van der Waals surface area contributed by atoms with Crippen LogP contribution in [-0.4, -0.2) is 60.8 Å². The van der Waals surface area contributed by atoms with Crippen LogP contribution in [0.25, 0.3) is 0 Å². The molecule has 0 spiro atoms. The quantitative estimate of drug-likeness (QED) is 0.197. The topological polar surface area (TPSA) is 147 Å². The van der Waals surface area contributed by atoms with Gasteiger partial charge in [-0.05, 0) is 74.4 Å². The van der Waals surface area contributed by atoms with Crippen LogP contribution < -0.4 is 21.1 Å². The number of rotatable bonds is 11. The molecule has 1 saturated heterocycles. The fourth-order valence-corrected chi connectivity index (χ4v) is 6.39. The molecule has 5 rings (SSSR count). The highest BCUT2D eigenvalue weighted by Gasteiger charge is 2.67. The van der Waals surface area contributed by atoms with E-state index in [9.17, 15) is 18.8 Å². The molecule has 1 aliphatic carbocycles. The molecule has 2 heterocycles. The van der Waals surface area contributed by atoms with Crippen molar-refractivity contribution in [2.24, 2.45) is 11.1 Å². The molecule has 220 valence electrons. The first-order valence-corrected chi connectivity index (χ1v) is 14.3. The Morgan fingerprint density at radius 3 is 2.40 bits per heavy atom.